The van der Waals surface area contributed by atoms with Crippen LogP contribution in [0.15, 0.2) is 30.3 Å². The third-order valence-corrected chi connectivity index (χ3v) is 9.38. The number of carboxylic acids is 1. The molecule has 0 bridgehead atoms. The van der Waals surface area contributed by atoms with Gasteiger partial charge in [0.25, 0.3) is 0 Å². The van der Waals surface area contributed by atoms with E-state index in [1.54, 1.807) is 0 Å². The SMILES string of the molecule is O=C(O)CCC(=O)[C@H](Br)[C@H](Br)[C@H](Br)[C@@H](Br)c1ccccc1. The molecule has 0 aliphatic heterocycles. The maximum absolute atomic E-state index is 12.0. The maximum atomic E-state index is 12.0. The molecule has 0 aliphatic rings. The Morgan fingerprint density at radius 1 is 0.952 bits per heavy atom. The first-order chi connectivity index (χ1) is 9.84. The average Bonchev–Trinajstić information content (AvgIpc) is 2.50. The van der Waals surface area contributed by atoms with E-state index in [9.17, 15) is 9.59 Å². The predicted octanol–water partition coefficient (Wildman–Crippen LogP) is 4.85. The molecule has 3 nitrogen and oxygen atoms in total. The van der Waals surface area contributed by atoms with Gasteiger partial charge in [-0.05, 0) is 5.56 Å². The average molecular weight is 550 g/mol. The Balaban J connectivity index is 2.66. The summed E-state index contributed by atoms with van der Waals surface area (Å²) in [7, 11) is 0. The number of carboxylic acid groups (broad SMARTS) is 1. The third kappa shape index (κ3) is 6.12. The summed E-state index contributed by atoms with van der Waals surface area (Å²) in [6.45, 7) is 0. The smallest absolute Gasteiger partial charge is 0.303 e. The molecule has 0 unspecified atom stereocenters. The van der Waals surface area contributed by atoms with E-state index in [0.29, 0.717) is 0 Å². The number of ketones is 1. The molecule has 0 heterocycles. The summed E-state index contributed by atoms with van der Waals surface area (Å²) in [5.74, 6) is -1.09. The molecule has 1 aromatic rings. The quantitative estimate of drug-likeness (QED) is 0.472. The van der Waals surface area contributed by atoms with Crippen molar-refractivity contribution in [1.82, 2.24) is 0 Å². The Kier molecular flexibility index (Phi) is 8.67. The minimum atomic E-state index is -0.966. The molecule has 0 amide bonds. The van der Waals surface area contributed by atoms with Crippen molar-refractivity contribution in [2.24, 2.45) is 0 Å². The molecular formula is C14H14Br4O3. The van der Waals surface area contributed by atoms with Gasteiger partial charge in [-0.15, -0.1) is 0 Å². The van der Waals surface area contributed by atoms with Gasteiger partial charge in [-0.1, -0.05) is 94.1 Å². The highest BCUT2D eigenvalue weighted by Gasteiger charge is 2.33. The van der Waals surface area contributed by atoms with Crippen molar-refractivity contribution >= 4 is 75.5 Å². The van der Waals surface area contributed by atoms with E-state index in [4.69, 9.17) is 5.11 Å². The van der Waals surface area contributed by atoms with E-state index in [1.165, 1.54) is 0 Å². The van der Waals surface area contributed by atoms with Crippen molar-refractivity contribution in [3.8, 4) is 0 Å². The minimum Gasteiger partial charge on any atom is -0.481 e. The Morgan fingerprint density at radius 2 is 1.52 bits per heavy atom. The standard InChI is InChI=1S/C14H14Br4O3/c15-11(8-4-2-1-3-5-8)13(17)14(18)12(16)9(19)6-7-10(20)21/h1-5,11-14H,6-7H2,(H,20,21)/t11-,12-,13+,14-/m0/s1. The molecular weight excluding hydrogens is 536 g/mol. The van der Waals surface area contributed by atoms with E-state index < -0.39 is 10.8 Å². The number of Topliss-reactive ketones (excluding diaryl/α,β-unsaturated/α-hetero) is 1. The van der Waals surface area contributed by atoms with E-state index in [2.05, 4.69) is 63.7 Å². The predicted molar refractivity (Wildman–Crippen MR) is 98.1 cm³/mol. The summed E-state index contributed by atoms with van der Waals surface area (Å²) in [5.41, 5.74) is 1.10. The molecule has 0 aliphatic carbocycles. The minimum absolute atomic E-state index is 0.0192. The number of carbonyl (C=O) groups excluding carboxylic acids is 1. The first-order valence-electron chi connectivity index (χ1n) is 6.20. The molecule has 0 saturated carbocycles. The van der Waals surface area contributed by atoms with Gasteiger partial charge >= 0.3 is 5.97 Å². The number of hydrogen-bond donors (Lipinski definition) is 1. The van der Waals surface area contributed by atoms with Crippen molar-refractivity contribution in [2.75, 3.05) is 0 Å². The van der Waals surface area contributed by atoms with E-state index in [0.717, 1.165) is 5.56 Å². The second kappa shape index (κ2) is 9.43. The van der Waals surface area contributed by atoms with Gasteiger partial charge < -0.3 is 5.11 Å². The van der Waals surface area contributed by atoms with Crippen molar-refractivity contribution < 1.29 is 14.7 Å². The highest BCUT2D eigenvalue weighted by atomic mass is 79.9. The molecule has 0 spiro atoms. The summed E-state index contributed by atoms with van der Waals surface area (Å²) < 4.78 is 0. The molecule has 1 rings (SSSR count). The van der Waals surface area contributed by atoms with Crippen LogP contribution in [0.5, 0.6) is 0 Å². The number of rotatable bonds is 8. The molecule has 21 heavy (non-hydrogen) atoms. The van der Waals surface area contributed by atoms with Crippen LogP contribution in [-0.4, -0.2) is 31.3 Å². The molecule has 1 aromatic carbocycles. The molecule has 0 saturated heterocycles. The van der Waals surface area contributed by atoms with Gasteiger partial charge in [0, 0.05) is 16.1 Å². The molecule has 0 fully saturated rings. The van der Waals surface area contributed by atoms with Crippen molar-refractivity contribution in [2.45, 2.75) is 32.2 Å². The number of halogens is 4. The fraction of sp³-hybridized carbons (Fsp3) is 0.429. The third-order valence-electron chi connectivity index (χ3n) is 2.87. The first kappa shape index (κ1) is 19.3. The fourth-order valence-electron chi connectivity index (χ4n) is 1.69. The van der Waals surface area contributed by atoms with Crippen molar-refractivity contribution in [3.63, 3.8) is 0 Å². The summed E-state index contributed by atoms with van der Waals surface area (Å²) in [5, 5.41) is 8.63. The highest BCUT2D eigenvalue weighted by molar-refractivity contribution is 9.14. The molecule has 7 heteroatoms. The zero-order chi connectivity index (χ0) is 16.0. The summed E-state index contributed by atoms with van der Waals surface area (Å²) in [4.78, 5) is 21.9. The van der Waals surface area contributed by atoms with Crippen LogP contribution >= 0.6 is 63.7 Å². The monoisotopic (exact) mass is 546 g/mol. The van der Waals surface area contributed by atoms with Gasteiger partial charge in [0.05, 0.1) is 16.1 Å². The van der Waals surface area contributed by atoms with Crippen LogP contribution in [0.1, 0.15) is 23.2 Å². The Bertz CT molecular complexity index is 480. The van der Waals surface area contributed by atoms with Gasteiger partial charge in [-0.2, -0.15) is 0 Å². The Morgan fingerprint density at radius 3 is 2.05 bits per heavy atom. The Labute approximate surface area is 157 Å². The van der Waals surface area contributed by atoms with Crippen LogP contribution in [0.4, 0.5) is 0 Å². The largest absolute Gasteiger partial charge is 0.481 e. The summed E-state index contributed by atoms with van der Waals surface area (Å²) >= 11 is 14.1. The van der Waals surface area contributed by atoms with Crippen LogP contribution in [0.2, 0.25) is 0 Å². The number of aliphatic carboxylic acids is 1. The Hall–Kier alpha value is 0.280. The van der Waals surface area contributed by atoms with E-state index in [1.807, 2.05) is 30.3 Å². The highest BCUT2D eigenvalue weighted by Crippen LogP contribution is 2.38. The number of hydrogen-bond acceptors (Lipinski definition) is 2. The zero-order valence-electron chi connectivity index (χ0n) is 10.9. The fourth-order valence-corrected chi connectivity index (χ4v) is 4.91. The van der Waals surface area contributed by atoms with Crippen LogP contribution < -0.4 is 0 Å². The lowest BCUT2D eigenvalue weighted by Crippen LogP contribution is -2.33. The van der Waals surface area contributed by atoms with Gasteiger partial charge in [0.15, 0.2) is 0 Å². The molecule has 1 N–H and O–H groups in total. The number of carbonyl (C=O) groups is 2. The molecule has 116 valence electrons. The van der Waals surface area contributed by atoms with Gasteiger partial charge in [-0.25, -0.2) is 0 Å². The van der Waals surface area contributed by atoms with Gasteiger partial charge in [0.1, 0.15) is 5.78 Å². The zero-order valence-corrected chi connectivity index (χ0v) is 17.2. The van der Waals surface area contributed by atoms with Crippen LogP contribution in [0.3, 0.4) is 0 Å². The van der Waals surface area contributed by atoms with Crippen LogP contribution in [-0.2, 0) is 9.59 Å². The lowest BCUT2D eigenvalue weighted by Gasteiger charge is -2.25. The van der Waals surface area contributed by atoms with Crippen molar-refractivity contribution in [3.05, 3.63) is 35.9 Å². The maximum Gasteiger partial charge on any atom is 0.303 e. The number of alkyl halides is 4. The van der Waals surface area contributed by atoms with E-state index >= 15 is 0 Å². The topological polar surface area (TPSA) is 54.4 Å². The van der Waals surface area contributed by atoms with E-state index in [-0.39, 0.29) is 33.1 Å². The molecule has 4 atom stereocenters. The number of benzene rings is 1. The summed E-state index contributed by atoms with van der Waals surface area (Å²) in [6.07, 6.45) is -0.130. The second-order valence-electron chi connectivity index (χ2n) is 4.46. The van der Waals surface area contributed by atoms with Crippen LogP contribution in [0.25, 0.3) is 0 Å². The normalized spacial score (nSPS) is 16.8. The second-order valence-corrected chi connectivity index (χ2v) is 8.55. The lowest BCUT2D eigenvalue weighted by atomic mass is 10.0. The summed E-state index contributed by atoms with van der Waals surface area (Å²) in [6, 6.07) is 9.86. The van der Waals surface area contributed by atoms with Gasteiger partial charge in [-0.3, -0.25) is 9.59 Å². The van der Waals surface area contributed by atoms with Crippen molar-refractivity contribution in [1.29, 1.82) is 0 Å². The van der Waals surface area contributed by atoms with Crippen LogP contribution in [0, 0.1) is 0 Å². The molecule has 0 radical (unpaired) electrons. The van der Waals surface area contributed by atoms with Gasteiger partial charge in [0.2, 0.25) is 0 Å². The lowest BCUT2D eigenvalue weighted by molar-refractivity contribution is -0.138. The first-order valence-corrected chi connectivity index (χ1v) is 9.86. The molecule has 0 aromatic heterocycles.